The molecule has 188 valence electrons. The minimum absolute atomic E-state index is 0.234. The summed E-state index contributed by atoms with van der Waals surface area (Å²) in [4.78, 5) is 0. The third-order valence-electron chi connectivity index (χ3n) is 9.35. The van der Waals surface area contributed by atoms with Crippen molar-refractivity contribution in [2.24, 2.45) is 17.3 Å². The highest BCUT2D eigenvalue weighted by Gasteiger charge is 2.51. The summed E-state index contributed by atoms with van der Waals surface area (Å²) in [6, 6.07) is 0. The molecule has 3 fully saturated rings. The van der Waals surface area contributed by atoms with E-state index in [4.69, 9.17) is 4.74 Å². The predicted molar refractivity (Wildman–Crippen MR) is 135 cm³/mol. The maximum Gasteiger partial charge on any atom is 0.0811 e. The zero-order valence-corrected chi connectivity index (χ0v) is 21.5. The minimum atomic E-state index is -0.630. The Balaban J connectivity index is 1.62. The number of aliphatic hydroxyl groups excluding tert-OH is 2. The van der Waals surface area contributed by atoms with Crippen molar-refractivity contribution in [3.8, 4) is 0 Å². The lowest BCUT2D eigenvalue weighted by atomic mass is 9.62. The van der Waals surface area contributed by atoms with Gasteiger partial charge >= 0.3 is 0 Å². The molecule has 3 rings (SSSR count). The molecule has 0 aliphatic heterocycles. The van der Waals surface area contributed by atoms with Crippen molar-refractivity contribution in [3.05, 3.63) is 35.5 Å². The van der Waals surface area contributed by atoms with Crippen LogP contribution in [-0.4, -0.2) is 45.8 Å². The molecule has 33 heavy (non-hydrogen) atoms. The second kappa shape index (κ2) is 11.2. The Labute approximate surface area is 201 Å². The van der Waals surface area contributed by atoms with E-state index in [1.807, 2.05) is 0 Å². The molecule has 0 saturated heterocycles. The molecule has 6 atom stereocenters. The Hall–Kier alpha value is -0.940. The number of ether oxygens (including phenoxy) is 1. The lowest BCUT2D eigenvalue weighted by Crippen LogP contribution is -2.39. The zero-order chi connectivity index (χ0) is 24.2. The quantitative estimate of drug-likeness (QED) is 0.377. The van der Waals surface area contributed by atoms with Gasteiger partial charge in [0.25, 0.3) is 0 Å². The summed E-state index contributed by atoms with van der Waals surface area (Å²) in [7, 11) is 0. The van der Waals surface area contributed by atoms with E-state index in [2.05, 4.69) is 46.4 Å². The molecule has 4 heteroatoms. The van der Waals surface area contributed by atoms with Crippen LogP contribution < -0.4 is 0 Å². The molecule has 0 aromatic rings. The molecule has 3 saturated carbocycles. The number of fused-ring (bicyclic) bond motifs is 1. The normalized spacial score (nSPS) is 36.4. The third-order valence-corrected chi connectivity index (χ3v) is 9.35. The number of hydrogen-bond donors (Lipinski definition) is 3. The molecule has 0 bridgehead atoms. The van der Waals surface area contributed by atoms with E-state index in [0.29, 0.717) is 24.7 Å². The third kappa shape index (κ3) is 6.01. The standard InChI is InChI=1S/C29H48O4/c1-6-29(32,7-2)16-9-17-33-21(4)25-13-14-26-22(10-8-15-28(25,26)5)11-12-23-18-24(30)19-27(31)20(23)3/h11-12,21,24-27,30-32H,3,6-10,13-19H2,1-2,4-5H3/b22-11+,23-12-/t21-,24+,25+,26?,27-,28+/m0/s1. The van der Waals surface area contributed by atoms with Gasteiger partial charge in [0.2, 0.25) is 0 Å². The number of hydrogen-bond acceptors (Lipinski definition) is 4. The molecule has 0 amide bonds. The number of allylic oxidation sites excluding steroid dienone is 3. The van der Waals surface area contributed by atoms with Crippen LogP contribution in [-0.2, 0) is 4.74 Å². The Bertz CT molecular complexity index is 734. The van der Waals surface area contributed by atoms with E-state index >= 15 is 0 Å². The van der Waals surface area contributed by atoms with Crippen LogP contribution in [0.25, 0.3) is 0 Å². The van der Waals surface area contributed by atoms with Gasteiger partial charge in [-0.15, -0.1) is 0 Å². The van der Waals surface area contributed by atoms with Gasteiger partial charge in [-0.05, 0) is 99.5 Å². The van der Waals surface area contributed by atoms with Crippen LogP contribution in [0.1, 0.15) is 98.3 Å². The fourth-order valence-corrected chi connectivity index (χ4v) is 6.91. The predicted octanol–water partition coefficient (Wildman–Crippen LogP) is 5.86. The van der Waals surface area contributed by atoms with Crippen molar-refractivity contribution in [1.29, 1.82) is 0 Å². The fourth-order valence-electron chi connectivity index (χ4n) is 6.91. The van der Waals surface area contributed by atoms with Crippen LogP contribution >= 0.6 is 0 Å². The van der Waals surface area contributed by atoms with E-state index in [-0.39, 0.29) is 11.5 Å². The Morgan fingerprint density at radius 1 is 1.21 bits per heavy atom. The lowest BCUT2D eigenvalue weighted by molar-refractivity contribution is -0.0365. The average Bonchev–Trinajstić information content (AvgIpc) is 3.15. The summed E-state index contributed by atoms with van der Waals surface area (Å²) in [5.74, 6) is 1.14. The van der Waals surface area contributed by atoms with Gasteiger partial charge in [0, 0.05) is 13.0 Å². The second-order valence-electron chi connectivity index (χ2n) is 11.3. The van der Waals surface area contributed by atoms with Gasteiger partial charge in [0.05, 0.1) is 23.9 Å². The van der Waals surface area contributed by atoms with E-state index < -0.39 is 17.8 Å². The Morgan fingerprint density at radius 2 is 1.94 bits per heavy atom. The fraction of sp³-hybridized carbons (Fsp3) is 0.793. The molecule has 4 nitrogen and oxygen atoms in total. The van der Waals surface area contributed by atoms with Crippen LogP contribution in [0.5, 0.6) is 0 Å². The number of aliphatic hydroxyl groups is 3. The molecule has 3 N–H and O–H groups in total. The smallest absolute Gasteiger partial charge is 0.0811 e. The largest absolute Gasteiger partial charge is 0.393 e. The van der Waals surface area contributed by atoms with E-state index in [1.165, 1.54) is 31.3 Å². The van der Waals surface area contributed by atoms with Crippen molar-refractivity contribution in [2.75, 3.05) is 6.61 Å². The molecular weight excluding hydrogens is 412 g/mol. The maximum absolute atomic E-state index is 10.5. The van der Waals surface area contributed by atoms with Gasteiger partial charge in [-0.1, -0.05) is 45.1 Å². The number of rotatable bonds is 9. The van der Waals surface area contributed by atoms with Gasteiger partial charge in [-0.2, -0.15) is 0 Å². The molecule has 3 aliphatic rings. The molecule has 0 aromatic heterocycles. The van der Waals surface area contributed by atoms with Crippen LogP contribution in [0.3, 0.4) is 0 Å². The van der Waals surface area contributed by atoms with Gasteiger partial charge in [0.1, 0.15) is 0 Å². The highest BCUT2D eigenvalue weighted by atomic mass is 16.5. The maximum atomic E-state index is 10.5. The molecular formula is C29H48O4. The topological polar surface area (TPSA) is 69.9 Å². The summed E-state index contributed by atoms with van der Waals surface area (Å²) in [5, 5.41) is 30.7. The Kier molecular flexibility index (Phi) is 9.05. The summed E-state index contributed by atoms with van der Waals surface area (Å²) >= 11 is 0. The van der Waals surface area contributed by atoms with Gasteiger partial charge in [-0.25, -0.2) is 0 Å². The van der Waals surface area contributed by atoms with E-state index in [0.717, 1.165) is 49.9 Å². The van der Waals surface area contributed by atoms with Crippen LogP contribution in [0.2, 0.25) is 0 Å². The first-order valence-corrected chi connectivity index (χ1v) is 13.4. The average molecular weight is 461 g/mol. The van der Waals surface area contributed by atoms with Crippen LogP contribution in [0.4, 0.5) is 0 Å². The summed E-state index contributed by atoms with van der Waals surface area (Å²) < 4.78 is 6.34. The van der Waals surface area contributed by atoms with Crippen molar-refractivity contribution >= 4 is 0 Å². The molecule has 0 spiro atoms. The van der Waals surface area contributed by atoms with E-state index in [9.17, 15) is 15.3 Å². The highest BCUT2D eigenvalue weighted by molar-refractivity contribution is 5.38. The molecule has 0 heterocycles. The summed E-state index contributed by atoms with van der Waals surface area (Å²) in [5.41, 5.74) is 3.00. The van der Waals surface area contributed by atoms with Crippen molar-refractivity contribution < 1.29 is 20.1 Å². The molecule has 1 unspecified atom stereocenters. The first kappa shape index (κ1) is 26.7. The molecule has 3 aliphatic carbocycles. The highest BCUT2D eigenvalue weighted by Crippen LogP contribution is 2.58. The molecule has 0 aromatic carbocycles. The summed E-state index contributed by atoms with van der Waals surface area (Å²) in [6.07, 6.45) is 13.8. The Morgan fingerprint density at radius 3 is 2.64 bits per heavy atom. The second-order valence-corrected chi connectivity index (χ2v) is 11.3. The minimum Gasteiger partial charge on any atom is -0.393 e. The first-order valence-electron chi connectivity index (χ1n) is 13.4. The van der Waals surface area contributed by atoms with Crippen molar-refractivity contribution in [2.45, 2.75) is 122 Å². The van der Waals surface area contributed by atoms with Gasteiger partial charge in [-0.3, -0.25) is 0 Å². The van der Waals surface area contributed by atoms with Gasteiger partial charge < -0.3 is 20.1 Å². The molecule has 0 radical (unpaired) electrons. The first-order chi connectivity index (χ1) is 15.6. The van der Waals surface area contributed by atoms with Crippen molar-refractivity contribution in [3.63, 3.8) is 0 Å². The van der Waals surface area contributed by atoms with Gasteiger partial charge in [0.15, 0.2) is 0 Å². The van der Waals surface area contributed by atoms with Crippen LogP contribution in [0.15, 0.2) is 35.5 Å². The summed E-state index contributed by atoms with van der Waals surface area (Å²) in [6.45, 7) is 13.6. The SMILES string of the molecule is C=C1/C(=C\C=C2/CCC[C@@]3(C)C2CC[C@@H]3[C@H](C)OCCCC(O)(CC)CC)C[C@@H](O)C[C@@H]1O. The zero-order valence-electron chi connectivity index (χ0n) is 21.5. The van der Waals surface area contributed by atoms with Crippen molar-refractivity contribution in [1.82, 2.24) is 0 Å². The van der Waals surface area contributed by atoms with E-state index in [1.54, 1.807) is 0 Å². The van der Waals surface area contributed by atoms with Crippen LogP contribution in [0, 0.1) is 17.3 Å². The lowest BCUT2D eigenvalue weighted by Gasteiger charge is -2.44. The monoisotopic (exact) mass is 460 g/mol.